The number of amides is 3. The topological polar surface area (TPSA) is 123 Å². The van der Waals surface area contributed by atoms with Crippen molar-refractivity contribution in [3.8, 4) is 0 Å². The molecule has 0 saturated heterocycles. The Kier molecular flexibility index (Phi) is 7.03. The summed E-state index contributed by atoms with van der Waals surface area (Å²) in [7, 11) is 0. The minimum Gasteiger partial charge on any atom is -0.463 e. The molecule has 10 heteroatoms. The van der Waals surface area contributed by atoms with Crippen LogP contribution in [0.1, 0.15) is 35.1 Å². The Morgan fingerprint density at radius 2 is 1.94 bits per heavy atom. The van der Waals surface area contributed by atoms with Crippen LogP contribution in [0, 0.1) is 0 Å². The van der Waals surface area contributed by atoms with Crippen molar-refractivity contribution < 1.29 is 28.7 Å². The van der Waals surface area contributed by atoms with E-state index in [1.165, 1.54) is 30.4 Å². The van der Waals surface area contributed by atoms with E-state index in [1.807, 2.05) is 5.38 Å². The third-order valence-electron chi connectivity index (χ3n) is 4.24. The minimum atomic E-state index is -0.718. The van der Waals surface area contributed by atoms with Crippen LogP contribution < -0.4 is 16.0 Å². The van der Waals surface area contributed by atoms with Gasteiger partial charge in [0.25, 0.3) is 0 Å². The summed E-state index contributed by atoms with van der Waals surface area (Å²) < 4.78 is 10.5. The number of urea groups is 1. The Balaban J connectivity index is 1.84. The van der Waals surface area contributed by atoms with Crippen LogP contribution in [0.4, 0.5) is 10.5 Å². The van der Waals surface area contributed by atoms with Crippen molar-refractivity contribution in [3.05, 3.63) is 63.5 Å². The summed E-state index contributed by atoms with van der Waals surface area (Å²) >= 11 is 1.37. The van der Waals surface area contributed by atoms with Crippen molar-refractivity contribution in [3.63, 3.8) is 0 Å². The number of anilines is 1. The minimum absolute atomic E-state index is 0.145. The highest BCUT2D eigenvalue weighted by molar-refractivity contribution is 7.10. The summed E-state index contributed by atoms with van der Waals surface area (Å²) in [4.78, 5) is 49.3. The van der Waals surface area contributed by atoms with E-state index in [0.29, 0.717) is 5.69 Å². The molecule has 1 aromatic heterocycles. The summed E-state index contributed by atoms with van der Waals surface area (Å²) in [5.74, 6) is -1.57. The van der Waals surface area contributed by atoms with Gasteiger partial charge in [-0.2, -0.15) is 0 Å². The van der Waals surface area contributed by atoms with Gasteiger partial charge in [0.15, 0.2) is 0 Å². The van der Waals surface area contributed by atoms with Gasteiger partial charge in [-0.15, -0.1) is 11.3 Å². The highest BCUT2D eigenvalue weighted by Gasteiger charge is 2.34. The first-order valence-corrected chi connectivity index (χ1v) is 10.3. The molecular weight excluding hydrogens is 422 g/mol. The standard InChI is InChI=1S/C21H21N3O6S/c1-3-29-20(27)17-15(23-21(28)24-18(17)16-8-5-9-31-16)11-30-19(26)13-6-4-7-14(10-13)22-12(2)25/h4-10,18H,3,11H2,1-2H3,(H,22,25)(H2,23,24,28). The van der Waals surface area contributed by atoms with Crippen molar-refractivity contribution >= 4 is 40.9 Å². The van der Waals surface area contributed by atoms with Gasteiger partial charge in [-0.1, -0.05) is 12.1 Å². The first kappa shape index (κ1) is 22.0. The molecule has 1 aromatic carbocycles. The molecule has 1 aliphatic heterocycles. The predicted molar refractivity (Wildman–Crippen MR) is 113 cm³/mol. The average molecular weight is 443 g/mol. The number of nitrogens with one attached hydrogen (secondary N) is 3. The van der Waals surface area contributed by atoms with Gasteiger partial charge in [-0.25, -0.2) is 14.4 Å². The van der Waals surface area contributed by atoms with Crippen LogP contribution in [0.25, 0.3) is 0 Å². The van der Waals surface area contributed by atoms with Gasteiger partial charge >= 0.3 is 18.0 Å². The second-order valence-corrected chi connectivity index (χ2v) is 7.48. The summed E-state index contributed by atoms with van der Waals surface area (Å²) in [5, 5.41) is 9.66. The quantitative estimate of drug-likeness (QED) is 0.566. The predicted octanol–water partition coefficient (Wildman–Crippen LogP) is 2.73. The molecule has 3 rings (SSSR count). The van der Waals surface area contributed by atoms with Gasteiger partial charge in [0, 0.05) is 17.5 Å². The fraction of sp³-hybridized carbons (Fsp3) is 0.238. The highest BCUT2D eigenvalue weighted by Crippen LogP contribution is 2.30. The zero-order chi connectivity index (χ0) is 22.4. The first-order valence-electron chi connectivity index (χ1n) is 9.45. The molecule has 3 N–H and O–H groups in total. The van der Waals surface area contributed by atoms with E-state index in [1.54, 1.807) is 31.2 Å². The molecule has 1 atom stereocenters. The largest absolute Gasteiger partial charge is 0.463 e. The van der Waals surface area contributed by atoms with Crippen molar-refractivity contribution in [1.82, 2.24) is 10.6 Å². The normalized spacial score (nSPS) is 15.5. The maximum atomic E-state index is 12.6. The SMILES string of the molecule is CCOC(=O)C1=C(COC(=O)c2cccc(NC(C)=O)c2)NC(=O)NC1c1cccs1. The molecule has 31 heavy (non-hydrogen) atoms. The monoisotopic (exact) mass is 443 g/mol. The highest BCUT2D eigenvalue weighted by atomic mass is 32.1. The fourth-order valence-electron chi connectivity index (χ4n) is 3.00. The lowest BCUT2D eigenvalue weighted by Crippen LogP contribution is -2.46. The van der Waals surface area contributed by atoms with Crippen LogP contribution in [-0.2, 0) is 19.1 Å². The third kappa shape index (κ3) is 5.48. The van der Waals surface area contributed by atoms with E-state index in [4.69, 9.17) is 9.47 Å². The summed E-state index contributed by atoms with van der Waals surface area (Å²) in [6.07, 6.45) is 0. The van der Waals surface area contributed by atoms with Crippen LogP contribution in [0.3, 0.4) is 0 Å². The van der Waals surface area contributed by atoms with E-state index in [0.717, 1.165) is 4.88 Å². The third-order valence-corrected chi connectivity index (χ3v) is 5.18. The van der Waals surface area contributed by atoms with E-state index in [-0.39, 0.29) is 36.0 Å². The Hall–Kier alpha value is -3.66. The number of esters is 2. The second-order valence-electron chi connectivity index (χ2n) is 6.50. The number of hydrogen-bond donors (Lipinski definition) is 3. The second kappa shape index (κ2) is 9.90. The number of benzene rings is 1. The molecule has 2 heterocycles. The number of ether oxygens (including phenoxy) is 2. The van der Waals surface area contributed by atoms with E-state index in [2.05, 4.69) is 16.0 Å². The van der Waals surface area contributed by atoms with Gasteiger partial charge < -0.3 is 25.4 Å². The van der Waals surface area contributed by atoms with Gasteiger partial charge in [-0.05, 0) is 36.6 Å². The molecule has 0 spiro atoms. The number of carbonyl (C=O) groups is 4. The smallest absolute Gasteiger partial charge is 0.338 e. The Morgan fingerprint density at radius 1 is 1.13 bits per heavy atom. The van der Waals surface area contributed by atoms with E-state index in [9.17, 15) is 19.2 Å². The first-order chi connectivity index (χ1) is 14.9. The molecular formula is C21H21N3O6S. The maximum absolute atomic E-state index is 12.6. The van der Waals surface area contributed by atoms with Gasteiger partial charge in [0.2, 0.25) is 5.91 Å². The van der Waals surface area contributed by atoms with Crippen LogP contribution >= 0.6 is 11.3 Å². The van der Waals surface area contributed by atoms with Crippen LogP contribution in [0.15, 0.2) is 53.0 Å². The number of rotatable bonds is 7. The number of hydrogen-bond acceptors (Lipinski definition) is 7. The maximum Gasteiger partial charge on any atom is 0.338 e. The van der Waals surface area contributed by atoms with Crippen molar-refractivity contribution in [2.24, 2.45) is 0 Å². The molecule has 2 aromatic rings. The Bertz CT molecular complexity index is 1030. The zero-order valence-electron chi connectivity index (χ0n) is 16.9. The summed E-state index contributed by atoms with van der Waals surface area (Å²) in [6.45, 7) is 2.84. The van der Waals surface area contributed by atoms with Gasteiger partial charge in [0.1, 0.15) is 6.61 Å². The van der Waals surface area contributed by atoms with E-state index >= 15 is 0 Å². The van der Waals surface area contributed by atoms with Crippen molar-refractivity contribution in [2.45, 2.75) is 19.9 Å². The molecule has 0 fully saturated rings. The molecule has 0 radical (unpaired) electrons. The molecule has 9 nitrogen and oxygen atoms in total. The lowest BCUT2D eigenvalue weighted by atomic mass is 10.0. The molecule has 0 aliphatic carbocycles. The molecule has 0 saturated carbocycles. The van der Waals surface area contributed by atoms with Crippen LogP contribution in [0.2, 0.25) is 0 Å². The van der Waals surface area contributed by atoms with Gasteiger partial charge in [-0.3, -0.25) is 4.79 Å². The van der Waals surface area contributed by atoms with Crippen LogP contribution in [0.5, 0.6) is 0 Å². The van der Waals surface area contributed by atoms with Crippen molar-refractivity contribution in [1.29, 1.82) is 0 Å². The molecule has 1 unspecified atom stereocenters. The summed E-state index contributed by atoms with van der Waals surface area (Å²) in [6, 6.07) is 8.59. The number of carbonyl (C=O) groups excluding carboxylic acids is 4. The fourth-order valence-corrected chi connectivity index (χ4v) is 3.78. The van der Waals surface area contributed by atoms with Crippen molar-refractivity contribution in [2.75, 3.05) is 18.5 Å². The Labute approximate surface area is 182 Å². The van der Waals surface area contributed by atoms with Gasteiger partial charge in [0.05, 0.1) is 29.5 Å². The lowest BCUT2D eigenvalue weighted by Gasteiger charge is -2.28. The zero-order valence-corrected chi connectivity index (χ0v) is 17.7. The van der Waals surface area contributed by atoms with Crippen LogP contribution in [-0.4, -0.2) is 37.1 Å². The summed E-state index contributed by atoms with van der Waals surface area (Å²) in [5.41, 5.74) is 0.969. The lowest BCUT2D eigenvalue weighted by molar-refractivity contribution is -0.139. The molecule has 0 bridgehead atoms. The molecule has 1 aliphatic rings. The Morgan fingerprint density at radius 3 is 2.61 bits per heavy atom. The molecule has 162 valence electrons. The average Bonchev–Trinajstić information content (AvgIpc) is 3.26. The number of thiophene rings is 1. The molecule has 3 amide bonds. The van der Waals surface area contributed by atoms with E-state index < -0.39 is 24.0 Å².